The third kappa shape index (κ3) is 4.34. The van der Waals surface area contributed by atoms with Crippen LogP contribution in [0.1, 0.15) is 52.4 Å². The molecule has 0 atom stereocenters. The summed E-state index contributed by atoms with van der Waals surface area (Å²) in [6, 6.07) is 19.9. The summed E-state index contributed by atoms with van der Waals surface area (Å²) in [6.45, 7) is 6.68. The fourth-order valence-corrected chi connectivity index (χ4v) is 3.70. The average molecular weight is 463 g/mol. The van der Waals surface area contributed by atoms with E-state index in [1.807, 2.05) is 49.4 Å². The zero-order chi connectivity index (χ0) is 21.3. The minimum absolute atomic E-state index is 0.0881. The summed E-state index contributed by atoms with van der Waals surface area (Å²) in [7, 11) is 0. The summed E-state index contributed by atoms with van der Waals surface area (Å²) < 4.78 is 12.9. The lowest BCUT2D eigenvalue weighted by Crippen LogP contribution is -2.00. The lowest BCUT2D eigenvalue weighted by molar-refractivity contribution is 0.101. The second-order valence-electron chi connectivity index (χ2n) is 7.79. The zero-order valence-electron chi connectivity index (χ0n) is 17.2. The van der Waals surface area contributed by atoms with Crippen molar-refractivity contribution in [2.45, 2.75) is 33.3 Å². The van der Waals surface area contributed by atoms with E-state index in [1.165, 1.54) is 5.56 Å². The highest BCUT2D eigenvalue weighted by Gasteiger charge is 2.30. The number of halogens is 1. The van der Waals surface area contributed by atoms with Gasteiger partial charge in [0.25, 0.3) is 0 Å². The molecule has 152 valence electrons. The van der Waals surface area contributed by atoms with Crippen LogP contribution in [-0.2, 0) is 6.61 Å². The van der Waals surface area contributed by atoms with Gasteiger partial charge in [-0.3, -0.25) is 4.79 Å². The van der Waals surface area contributed by atoms with Gasteiger partial charge in [-0.2, -0.15) is 0 Å². The van der Waals surface area contributed by atoms with Gasteiger partial charge in [-0.05, 0) is 59.4 Å². The molecule has 1 aliphatic rings. The molecule has 0 saturated carbocycles. The molecule has 0 fully saturated rings. The molecule has 0 aromatic heterocycles. The molecule has 0 amide bonds. The molecule has 0 saturated heterocycles. The molecular weight excluding hydrogens is 440 g/mol. The maximum absolute atomic E-state index is 12.9. The molecule has 1 heterocycles. The standard InChI is InChI=1S/C26H23BrO3/c1-16(2)20-8-4-18(5-9-20)13-24-26(28)25-17(3)12-22(14-23(25)30-24)29-15-19-6-10-21(27)11-7-19/h4-14,16H,15H2,1-3H3/b24-13-. The maximum atomic E-state index is 12.9. The smallest absolute Gasteiger partial charge is 0.232 e. The van der Waals surface area contributed by atoms with Gasteiger partial charge in [0.1, 0.15) is 18.1 Å². The normalized spacial score (nSPS) is 14.2. The predicted molar refractivity (Wildman–Crippen MR) is 123 cm³/mol. The Balaban J connectivity index is 1.53. The van der Waals surface area contributed by atoms with E-state index < -0.39 is 0 Å². The van der Waals surface area contributed by atoms with Crippen molar-refractivity contribution in [3.8, 4) is 11.5 Å². The summed E-state index contributed by atoms with van der Waals surface area (Å²) in [5.74, 6) is 1.96. The van der Waals surface area contributed by atoms with Crippen LogP contribution in [0.5, 0.6) is 11.5 Å². The number of rotatable bonds is 5. The number of carbonyl (C=O) groups excluding carboxylic acids is 1. The van der Waals surface area contributed by atoms with Gasteiger partial charge in [-0.25, -0.2) is 0 Å². The molecular formula is C26H23BrO3. The predicted octanol–water partition coefficient (Wildman–Crippen LogP) is 7.08. The largest absolute Gasteiger partial charge is 0.489 e. The molecule has 3 nitrogen and oxygen atoms in total. The van der Waals surface area contributed by atoms with Crippen molar-refractivity contribution in [3.05, 3.63) is 98.7 Å². The molecule has 4 heteroatoms. The molecule has 0 unspecified atom stereocenters. The number of benzene rings is 3. The van der Waals surface area contributed by atoms with Crippen molar-refractivity contribution in [2.75, 3.05) is 0 Å². The number of hydrogen-bond donors (Lipinski definition) is 0. The first kappa shape index (κ1) is 20.4. The molecule has 3 aromatic carbocycles. The van der Waals surface area contributed by atoms with Gasteiger partial charge in [0, 0.05) is 10.5 Å². The van der Waals surface area contributed by atoms with Gasteiger partial charge in [0.2, 0.25) is 5.78 Å². The first-order valence-electron chi connectivity index (χ1n) is 9.97. The Labute approximate surface area is 185 Å². The van der Waals surface area contributed by atoms with Crippen molar-refractivity contribution < 1.29 is 14.3 Å². The summed E-state index contributed by atoms with van der Waals surface area (Å²) in [4.78, 5) is 12.9. The van der Waals surface area contributed by atoms with Crippen molar-refractivity contribution >= 4 is 27.8 Å². The minimum atomic E-state index is -0.0881. The Morgan fingerprint density at radius 3 is 2.40 bits per heavy atom. The second kappa shape index (κ2) is 8.49. The van der Waals surface area contributed by atoms with E-state index in [9.17, 15) is 4.79 Å². The quantitative estimate of drug-likeness (QED) is 0.380. The number of hydrogen-bond acceptors (Lipinski definition) is 3. The minimum Gasteiger partial charge on any atom is -0.489 e. The number of ether oxygens (including phenoxy) is 2. The SMILES string of the molecule is Cc1cc(OCc2ccc(Br)cc2)cc2c1C(=O)/C(=C/c1ccc(C(C)C)cc1)O2. The number of aryl methyl sites for hydroxylation is 1. The van der Waals surface area contributed by atoms with Crippen molar-refractivity contribution in [1.82, 2.24) is 0 Å². The molecule has 1 aliphatic heterocycles. The Kier molecular flexibility index (Phi) is 5.78. The summed E-state index contributed by atoms with van der Waals surface area (Å²) in [5, 5.41) is 0. The Bertz CT molecular complexity index is 1110. The van der Waals surface area contributed by atoms with Gasteiger partial charge in [-0.15, -0.1) is 0 Å². The zero-order valence-corrected chi connectivity index (χ0v) is 18.8. The van der Waals surface area contributed by atoms with Gasteiger partial charge < -0.3 is 9.47 Å². The number of Topliss-reactive ketones (excluding diaryl/α,β-unsaturated/α-hetero) is 1. The van der Waals surface area contributed by atoms with Gasteiger partial charge in [0.15, 0.2) is 5.76 Å². The highest BCUT2D eigenvalue weighted by Crippen LogP contribution is 2.37. The molecule has 30 heavy (non-hydrogen) atoms. The van der Waals surface area contributed by atoms with Crippen LogP contribution in [0.2, 0.25) is 0 Å². The van der Waals surface area contributed by atoms with Gasteiger partial charge >= 0.3 is 0 Å². The first-order chi connectivity index (χ1) is 14.4. The molecule has 3 aromatic rings. The van der Waals surface area contributed by atoms with Gasteiger partial charge in [0.05, 0.1) is 5.56 Å². The molecule has 0 spiro atoms. The molecule has 4 rings (SSSR count). The van der Waals surface area contributed by atoms with Crippen LogP contribution in [0.3, 0.4) is 0 Å². The second-order valence-corrected chi connectivity index (χ2v) is 8.71. The van der Waals surface area contributed by atoms with Crippen LogP contribution in [0, 0.1) is 6.92 Å². The average Bonchev–Trinajstić information content (AvgIpc) is 3.03. The van der Waals surface area contributed by atoms with Crippen molar-refractivity contribution in [3.63, 3.8) is 0 Å². The molecule has 0 radical (unpaired) electrons. The summed E-state index contributed by atoms with van der Waals surface area (Å²) >= 11 is 3.43. The van der Waals surface area contributed by atoms with E-state index in [0.29, 0.717) is 35.3 Å². The summed E-state index contributed by atoms with van der Waals surface area (Å²) in [5.41, 5.74) is 4.74. The van der Waals surface area contributed by atoms with Crippen LogP contribution < -0.4 is 9.47 Å². The number of fused-ring (bicyclic) bond motifs is 1. The van der Waals surface area contributed by atoms with E-state index in [2.05, 4.69) is 41.9 Å². The van der Waals surface area contributed by atoms with Crippen molar-refractivity contribution in [2.24, 2.45) is 0 Å². The number of ketones is 1. The van der Waals surface area contributed by atoms with E-state index in [4.69, 9.17) is 9.47 Å². The van der Waals surface area contributed by atoms with Crippen molar-refractivity contribution in [1.29, 1.82) is 0 Å². The maximum Gasteiger partial charge on any atom is 0.232 e. The Morgan fingerprint density at radius 2 is 1.73 bits per heavy atom. The Hall–Kier alpha value is -2.85. The monoisotopic (exact) mass is 462 g/mol. The topological polar surface area (TPSA) is 35.5 Å². The van der Waals surface area contributed by atoms with Crippen LogP contribution >= 0.6 is 15.9 Å². The molecule has 0 bridgehead atoms. The molecule has 0 aliphatic carbocycles. The summed E-state index contributed by atoms with van der Waals surface area (Å²) in [6.07, 6.45) is 1.80. The highest BCUT2D eigenvalue weighted by atomic mass is 79.9. The van der Waals surface area contributed by atoms with E-state index in [1.54, 1.807) is 12.1 Å². The van der Waals surface area contributed by atoms with Crippen LogP contribution in [0.4, 0.5) is 0 Å². The van der Waals surface area contributed by atoms with Crippen LogP contribution in [0.15, 0.2) is 70.9 Å². The fourth-order valence-electron chi connectivity index (χ4n) is 3.44. The van der Waals surface area contributed by atoms with E-state index in [0.717, 1.165) is 21.2 Å². The highest BCUT2D eigenvalue weighted by molar-refractivity contribution is 9.10. The third-order valence-electron chi connectivity index (χ3n) is 5.16. The Morgan fingerprint density at radius 1 is 1.03 bits per heavy atom. The van der Waals surface area contributed by atoms with Gasteiger partial charge in [-0.1, -0.05) is 66.2 Å². The number of carbonyl (C=O) groups is 1. The molecule has 0 N–H and O–H groups in total. The lowest BCUT2D eigenvalue weighted by Gasteiger charge is -2.09. The number of allylic oxidation sites excluding steroid dienone is 1. The third-order valence-corrected chi connectivity index (χ3v) is 5.69. The van der Waals surface area contributed by atoms with E-state index in [-0.39, 0.29) is 5.78 Å². The fraction of sp³-hybridized carbons (Fsp3) is 0.192. The van der Waals surface area contributed by atoms with Crippen LogP contribution in [0.25, 0.3) is 6.08 Å². The van der Waals surface area contributed by atoms with Crippen LogP contribution in [-0.4, -0.2) is 5.78 Å². The van der Waals surface area contributed by atoms with E-state index >= 15 is 0 Å². The first-order valence-corrected chi connectivity index (χ1v) is 10.8. The lowest BCUT2D eigenvalue weighted by atomic mass is 10.0.